The van der Waals surface area contributed by atoms with Crippen molar-refractivity contribution in [3.63, 3.8) is 0 Å². The van der Waals surface area contributed by atoms with E-state index in [1.165, 1.54) is 12.0 Å². The molecule has 1 N–H and O–H groups in total. The summed E-state index contributed by atoms with van der Waals surface area (Å²) in [6, 6.07) is 11.4. The molecule has 2 heterocycles. The second-order valence-electron chi connectivity index (χ2n) is 9.79. The first-order valence-electron chi connectivity index (χ1n) is 12.9. The second kappa shape index (κ2) is 12.3. The number of benzene rings is 2. The van der Waals surface area contributed by atoms with E-state index in [0.717, 1.165) is 13.1 Å². The standard InChI is InChI=1S/C29H36N2O7/c1-19(2)18-38-22-8-5-20(6-9-22)27(32)25-26(21-7-10-23(35-3)24(17-21)36-4)31(29(34)28(25)33)12-11-30-13-15-37-16-14-30/h5-10,17,19,26,32H,11-16,18H2,1-4H3/b27-25+. The number of Topliss-reactive ketones (excluding diaryl/α,β-unsaturated/α-hetero) is 1. The summed E-state index contributed by atoms with van der Waals surface area (Å²) in [6.07, 6.45) is 0. The van der Waals surface area contributed by atoms with Crippen LogP contribution < -0.4 is 14.2 Å². The van der Waals surface area contributed by atoms with Gasteiger partial charge >= 0.3 is 0 Å². The van der Waals surface area contributed by atoms with E-state index < -0.39 is 17.7 Å². The minimum Gasteiger partial charge on any atom is -0.507 e. The molecular formula is C29H36N2O7. The minimum absolute atomic E-state index is 0.0417. The van der Waals surface area contributed by atoms with E-state index in [4.69, 9.17) is 18.9 Å². The zero-order chi connectivity index (χ0) is 27.2. The Balaban J connectivity index is 1.72. The molecule has 2 aliphatic heterocycles. The van der Waals surface area contributed by atoms with E-state index in [0.29, 0.717) is 67.2 Å². The number of aliphatic hydroxyl groups excluding tert-OH is 1. The van der Waals surface area contributed by atoms with Gasteiger partial charge in [-0.3, -0.25) is 14.5 Å². The van der Waals surface area contributed by atoms with Crippen molar-refractivity contribution in [1.29, 1.82) is 0 Å². The molecule has 0 aliphatic carbocycles. The van der Waals surface area contributed by atoms with Gasteiger partial charge in [-0.25, -0.2) is 0 Å². The van der Waals surface area contributed by atoms with Crippen LogP contribution in [0.5, 0.6) is 17.2 Å². The molecule has 38 heavy (non-hydrogen) atoms. The van der Waals surface area contributed by atoms with Crippen LogP contribution in [0.1, 0.15) is 31.0 Å². The van der Waals surface area contributed by atoms with Crippen LogP contribution in [0.4, 0.5) is 0 Å². The van der Waals surface area contributed by atoms with Gasteiger partial charge < -0.3 is 29.0 Å². The van der Waals surface area contributed by atoms with Crippen molar-refractivity contribution in [1.82, 2.24) is 9.80 Å². The highest BCUT2D eigenvalue weighted by atomic mass is 16.5. The summed E-state index contributed by atoms with van der Waals surface area (Å²) in [6.45, 7) is 8.39. The summed E-state index contributed by atoms with van der Waals surface area (Å²) in [4.78, 5) is 30.4. The summed E-state index contributed by atoms with van der Waals surface area (Å²) in [7, 11) is 3.07. The number of carbonyl (C=O) groups excluding carboxylic acids is 2. The SMILES string of the molecule is COc1ccc(C2/C(=C(\O)c3ccc(OCC(C)C)cc3)C(=O)C(=O)N2CCN2CCOCC2)cc1OC. The zero-order valence-corrected chi connectivity index (χ0v) is 22.4. The number of methoxy groups -OCH3 is 2. The molecule has 2 aromatic carbocycles. The average molecular weight is 525 g/mol. The van der Waals surface area contributed by atoms with Crippen LogP contribution in [0.15, 0.2) is 48.0 Å². The van der Waals surface area contributed by atoms with Crippen molar-refractivity contribution < 1.29 is 33.6 Å². The molecule has 0 aromatic heterocycles. The third kappa shape index (κ3) is 5.95. The predicted octanol–water partition coefficient (Wildman–Crippen LogP) is 3.49. The third-order valence-electron chi connectivity index (χ3n) is 6.74. The summed E-state index contributed by atoms with van der Waals surface area (Å²) < 4.78 is 22.0. The van der Waals surface area contributed by atoms with Gasteiger partial charge in [0.05, 0.1) is 45.7 Å². The Bertz CT molecular complexity index is 1170. The Morgan fingerprint density at radius 2 is 1.68 bits per heavy atom. The molecule has 204 valence electrons. The van der Waals surface area contributed by atoms with Gasteiger partial charge in [0.25, 0.3) is 11.7 Å². The Labute approximate surface area is 223 Å². The van der Waals surface area contributed by atoms with Crippen molar-refractivity contribution in [2.24, 2.45) is 5.92 Å². The van der Waals surface area contributed by atoms with Crippen molar-refractivity contribution in [2.75, 3.05) is 60.2 Å². The summed E-state index contributed by atoms with van der Waals surface area (Å²) in [5, 5.41) is 11.4. The first kappa shape index (κ1) is 27.5. The molecule has 9 nitrogen and oxygen atoms in total. The van der Waals surface area contributed by atoms with Gasteiger partial charge in [0.2, 0.25) is 0 Å². The maximum Gasteiger partial charge on any atom is 0.295 e. The van der Waals surface area contributed by atoms with Gasteiger partial charge in [0.15, 0.2) is 11.5 Å². The van der Waals surface area contributed by atoms with Crippen molar-refractivity contribution in [3.8, 4) is 17.2 Å². The van der Waals surface area contributed by atoms with E-state index in [1.54, 1.807) is 49.6 Å². The predicted molar refractivity (Wildman–Crippen MR) is 143 cm³/mol. The van der Waals surface area contributed by atoms with Crippen LogP contribution in [0, 0.1) is 5.92 Å². The normalized spacial score (nSPS) is 19.7. The van der Waals surface area contributed by atoms with Crippen molar-refractivity contribution >= 4 is 17.4 Å². The van der Waals surface area contributed by atoms with Crippen LogP contribution >= 0.6 is 0 Å². The number of hydrogen-bond donors (Lipinski definition) is 1. The lowest BCUT2D eigenvalue weighted by atomic mass is 9.95. The Kier molecular flexibility index (Phi) is 8.91. The first-order chi connectivity index (χ1) is 18.3. The monoisotopic (exact) mass is 524 g/mol. The lowest BCUT2D eigenvalue weighted by Gasteiger charge is -2.31. The van der Waals surface area contributed by atoms with Crippen molar-refractivity contribution in [3.05, 3.63) is 59.2 Å². The number of rotatable bonds is 10. The fourth-order valence-electron chi connectivity index (χ4n) is 4.68. The van der Waals surface area contributed by atoms with Gasteiger partial charge in [-0.05, 0) is 47.9 Å². The highest BCUT2D eigenvalue weighted by Gasteiger charge is 2.46. The molecule has 2 aliphatic rings. The summed E-state index contributed by atoms with van der Waals surface area (Å²) in [5.74, 6) is 0.442. The number of morpholine rings is 1. The van der Waals surface area contributed by atoms with Crippen LogP contribution in [0.2, 0.25) is 0 Å². The number of ether oxygens (including phenoxy) is 4. The Morgan fingerprint density at radius 3 is 2.32 bits per heavy atom. The molecule has 1 unspecified atom stereocenters. The Hall–Kier alpha value is -3.56. The zero-order valence-electron chi connectivity index (χ0n) is 22.4. The van der Waals surface area contributed by atoms with Crippen LogP contribution in [-0.4, -0.2) is 86.8 Å². The van der Waals surface area contributed by atoms with Gasteiger partial charge in [-0.1, -0.05) is 19.9 Å². The van der Waals surface area contributed by atoms with Gasteiger partial charge in [-0.15, -0.1) is 0 Å². The number of ketones is 1. The topological polar surface area (TPSA) is 97.8 Å². The molecule has 2 fully saturated rings. The highest BCUT2D eigenvalue weighted by Crippen LogP contribution is 2.42. The minimum atomic E-state index is -0.785. The molecule has 1 amide bonds. The number of carbonyl (C=O) groups is 2. The fraction of sp³-hybridized carbons (Fsp3) is 0.448. The maximum absolute atomic E-state index is 13.4. The number of likely N-dealkylation sites (tertiary alicyclic amines) is 1. The summed E-state index contributed by atoms with van der Waals surface area (Å²) in [5.41, 5.74) is 1.11. The van der Waals surface area contributed by atoms with E-state index in [-0.39, 0.29) is 11.3 Å². The number of hydrogen-bond acceptors (Lipinski definition) is 8. The molecule has 0 radical (unpaired) electrons. The fourth-order valence-corrected chi connectivity index (χ4v) is 4.68. The van der Waals surface area contributed by atoms with E-state index in [1.807, 2.05) is 0 Å². The van der Waals surface area contributed by atoms with Gasteiger partial charge in [0.1, 0.15) is 11.5 Å². The molecule has 0 saturated carbocycles. The van der Waals surface area contributed by atoms with Crippen LogP contribution in [0.25, 0.3) is 5.76 Å². The Morgan fingerprint density at radius 1 is 1.00 bits per heavy atom. The molecule has 2 saturated heterocycles. The second-order valence-corrected chi connectivity index (χ2v) is 9.79. The first-order valence-corrected chi connectivity index (χ1v) is 12.9. The molecule has 9 heteroatoms. The largest absolute Gasteiger partial charge is 0.507 e. The smallest absolute Gasteiger partial charge is 0.295 e. The third-order valence-corrected chi connectivity index (χ3v) is 6.74. The quantitative estimate of drug-likeness (QED) is 0.287. The summed E-state index contributed by atoms with van der Waals surface area (Å²) >= 11 is 0. The number of nitrogens with zero attached hydrogens (tertiary/aromatic N) is 2. The molecule has 4 rings (SSSR count). The molecular weight excluding hydrogens is 488 g/mol. The maximum atomic E-state index is 13.4. The van der Waals surface area contributed by atoms with Gasteiger partial charge in [0, 0.05) is 31.7 Å². The van der Waals surface area contributed by atoms with Crippen LogP contribution in [-0.2, 0) is 14.3 Å². The lowest BCUT2D eigenvalue weighted by Crippen LogP contribution is -2.42. The number of amides is 1. The highest BCUT2D eigenvalue weighted by molar-refractivity contribution is 6.46. The van der Waals surface area contributed by atoms with Crippen LogP contribution in [0.3, 0.4) is 0 Å². The van der Waals surface area contributed by atoms with Crippen molar-refractivity contribution in [2.45, 2.75) is 19.9 Å². The number of aliphatic hydroxyl groups is 1. The molecule has 0 spiro atoms. The molecule has 0 bridgehead atoms. The van der Waals surface area contributed by atoms with E-state index in [2.05, 4.69) is 18.7 Å². The molecule has 2 aromatic rings. The average Bonchev–Trinajstić information content (AvgIpc) is 3.20. The molecule has 1 atom stereocenters. The van der Waals surface area contributed by atoms with E-state index in [9.17, 15) is 14.7 Å². The van der Waals surface area contributed by atoms with Gasteiger partial charge in [-0.2, -0.15) is 0 Å². The van der Waals surface area contributed by atoms with E-state index >= 15 is 0 Å². The lowest BCUT2D eigenvalue weighted by molar-refractivity contribution is -0.140.